The fourth-order valence-corrected chi connectivity index (χ4v) is 6.45. The third-order valence-electron chi connectivity index (χ3n) is 7.84. The number of hydrogen-bond donors (Lipinski definition) is 1. The van der Waals surface area contributed by atoms with Gasteiger partial charge in [0.25, 0.3) is 0 Å². The summed E-state index contributed by atoms with van der Waals surface area (Å²) in [5, 5.41) is 7.44. The summed E-state index contributed by atoms with van der Waals surface area (Å²) in [6, 6.07) is 14.6. The lowest BCUT2D eigenvalue weighted by Crippen LogP contribution is -2.49. The summed E-state index contributed by atoms with van der Waals surface area (Å²) < 4.78 is 19.0. The Hall–Kier alpha value is -3.19. The van der Waals surface area contributed by atoms with Crippen molar-refractivity contribution in [3.8, 4) is 17.0 Å². The standard InChI is InChI=1S/C26H27FN4O2/c1-33-23-6-3-2-5-18(23)15-30-16-19-13-22(31-12-4-11-26(19,31)25(30)32)21-14-28-29-24(21)17-7-9-20(27)10-8-17/h2-3,5-10,14,19,22H,4,11-13,15-16H2,1H3,(H,28,29)/t19-,22-,26-/m0/s1. The van der Waals surface area contributed by atoms with Gasteiger partial charge in [-0.15, -0.1) is 0 Å². The number of aromatic nitrogens is 2. The smallest absolute Gasteiger partial charge is 0.243 e. The normalized spacial score (nSPS) is 26.6. The number of carbonyl (C=O) groups excluding carboxylic acids is 1. The van der Waals surface area contributed by atoms with Crippen LogP contribution in [0.25, 0.3) is 11.3 Å². The number of H-pyrrole nitrogens is 1. The number of benzene rings is 2. The van der Waals surface area contributed by atoms with Gasteiger partial charge in [0.15, 0.2) is 0 Å². The van der Waals surface area contributed by atoms with Gasteiger partial charge in [-0.3, -0.25) is 14.8 Å². The fourth-order valence-electron chi connectivity index (χ4n) is 6.45. The van der Waals surface area contributed by atoms with Crippen LogP contribution >= 0.6 is 0 Å². The van der Waals surface area contributed by atoms with Gasteiger partial charge in [0, 0.05) is 41.7 Å². The van der Waals surface area contributed by atoms with Crippen molar-refractivity contribution in [3.05, 3.63) is 71.7 Å². The van der Waals surface area contributed by atoms with Crippen LogP contribution in [0, 0.1) is 11.7 Å². The maximum Gasteiger partial charge on any atom is 0.243 e. The maximum atomic E-state index is 13.9. The van der Waals surface area contributed by atoms with Crippen LogP contribution in [0.5, 0.6) is 5.75 Å². The predicted octanol–water partition coefficient (Wildman–Crippen LogP) is 4.16. The van der Waals surface area contributed by atoms with Crippen LogP contribution in [0.2, 0.25) is 0 Å². The number of aromatic amines is 1. The van der Waals surface area contributed by atoms with Crippen molar-refractivity contribution in [1.82, 2.24) is 20.0 Å². The van der Waals surface area contributed by atoms with Crippen molar-refractivity contribution >= 4 is 5.91 Å². The van der Waals surface area contributed by atoms with E-state index >= 15 is 0 Å². The van der Waals surface area contributed by atoms with Gasteiger partial charge in [-0.2, -0.15) is 5.10 Å². The molecule has 6 nitrogen and oxygen atoms in total. The quantitative estimate of drug-likeness (QED) is 0.639. The second-order valence-electron chi connectivity index (χ2n) is 9.37. The lowest BCUT2D eigenvalue weighted by Gasteiger charge is -2.33. The van der Waals surface area contributed by atoms with E-state index in [9.17, 15) is 9.18 Å². The Morgan fingerprint density at radius 2 is 2.03 bits per heavy atom. The zero-order valence-electron chi connectivity index (χ0n) is 18.6. The highest BCUT2D eigenvalue weighted by Gasteiger charge is 2.65. The Morgan fingerprint density at radius 3 is 2.85 bits per heavy atom. The SMILES string of the molecule is COc1ccccc1CN1C[C@@H]2C[C@@H](c3cn[nH]c3-c3ccc(F)cc3)N3CCC[C@@]23C1=O. The first-order chi connectivity index (χ1) is 16.1. The van der Waals surface area contributed by atoms with E-state index in [1.807, 2.05) is 35.4 Å². The maximum absolute atomic E-state index is 13.9. The lowest BCUT2D eigenvalue weighted by molar-refractivity contribution is -0.137. The number of rotatable bonds is 5. The Kier molecular flexibility index (Phi) is 4.76. The average Bonchev–Trinajstić information content (AvgIpc) is 3.58. The second-order valence-corrected chi connectivity index (χ2v) is 9.37. The highest BCUT2D eigenvalue weighted by molar-refractivity contribution is 5.90. The van der Waals surface area contributed by atoms with E-state index in [1.165, 1.54) is 12.1 Å². The number of nitrogens with zero attached hydrogens (tertiary/aromatic N) is 3. The molecule has 6 rings (SSSR count). The average molecular weight is 447 g/mol. The predicted molar refractivity (Wildman–Crippen MR) is 122 cm³/mol. The Balaban J connectivity index is 1.30. The van der Waals surface area contributed by atoms with Crippen LogP contribution < -0.4 is 4.74 Å². The van der Waals surface area contributed by atoms with E-state index in [0.29, 0.717) is 6.54 Å². The molecule has 170 valence electrons. The number of nitrogens with one attached hydrogen (secondary N) is 1. The molecule has 0 aliphatic carbocycles. The van der Waals surface area contributed by atoms with Crippen molar-refractivity contribution in [2.45, 2.75) is 37.4 Å². The molecule has 3 aromatic rings. The molecular weight excluding hydrogens is 419 g/mol. The van der Waals surface area contributed by atoms with Crippen molar-refractivity contribution in [1.29, 1.82) is 0 Å². The highest BCUT2D eigenvalue weighted by atomic mass is 19.1. The molecule has 33 heavy (non-hydrogen) atoms. The fraction of sp³-hybridized carbons (Fsp3) is 0.385. The van der Waals surface area contributed by atoms with Crippen LogP contribution in [0.1, 0.15) is 36.4 Å². The van der Waals surface area contributed by atoms with Crippen LogP contribution in [-0.4, -0.2) is 51.6 Å². The minimum atomic E-state index is -0.427. The van der Waals surface area contributed by atoms with Gasteiger partial charge >= 0.3 is 0 Å². The molecule has 0 radical (unpaired) electrons. The second kappa shape index (κ2) is 7.70. The van der Waals surface area contributed by atoms with E-state index in [2.05, 4.69) is 15.1 Å². The summed E-state index contributed by atoms with van der Waals surface area (Å²) in [7, 11) is 1.67. The third kappa shape index (κ3) is 3.02. The van der Waals surface area contributed by atoms with Gasteiger partial charge in [-0.1, -0.05) is 18.2 Å². The number of ether oxygens (including phenoxy) is 1. The summed E-state index contributed by atoms with van der Waals surface area (Å²) in [6.07, 6.45) is 4.72. The van der Waals surface area contributed by atoms with Crippen LogP contribution in [0.3, 0.4) is 0 Å². The molecule has 1 N–H and O–H groups in total. The largest absolute Gasteiger partial charge is 0.496 e. The number of likely N-dealkylation sites (tertiary alicyclic amines) is 1. The Labute approximate surface area is 192 Å². The number of amides is 1. The number of halogens is 1. The molecule has 0 saturated carbocycles. The summed E-state index contributed by atoms with van der Waals surface area (Å²) >= 11 is 0. The molecule has 1 spiro atoms. The molecule has 3 saturated heterocycles. The molecule has 3 aliphatic heterocycles. The van der Waals surface area contributed by atoms with E-state index in [1.54, 1.807) is 19.2 Å². The summed E-state index contributed by atoms with van der Waals surface area (Å²) in [5.41, 5.74) is 3.55. The van der Waals surface area contributed by atoms with E-state index in [0.717, 1.165) is 60.5 Å². The van der Waals surface area contributed by atoms with Crippen LogP contribution in [-0.2, 0) is 11.3 Å². The van der Waals surface area contributed by atoms with Gasteiger partial charge in [-0.25, -0.2) is 4.39 Å². The Morgan fingerprint density at radius 1 is 1.21 bits per heavy atom. The Bertz CT molecular complexity index is 1190. The van der Waals surface area contributed by atoms with Gasteiger partial charge in [0.05, 0.1) is 19.0 Å². The minimum Gasteiger partial charge on any atom is -0.496 e. The topological polar surface area (TPSA) is 61.5 Å². The van der Waals surface area contributed by atoms with Crippen LogP contribution in [0.4, 0.5) is 4.39 Å². The number of hydrogen-bond acceptors (Lipinski definition) is 4. The summed E-state index contributed by atoms with van der Waals surface area (Å²) in [6.45, 7) is 2.24. The van der Waals surface area contributed by atoms with Crippen LogP contribution in [0.15, 0.2) is 54.7 Å². The molecule has 4 heterocycles. The number of para-hydroxylation sites is 1. The first-order valence-corrected chi connectivity index (χ1v) is 11.6. The van der Waals surface area contributed by atoms with Gasteiger partial charge in [-0.05, 0) is 56.1 Å². The molecular formula is C26H27FN4O2. The molecule has 3 fully saturated rings. The molecule has 0 unspecified atom stereocenters. The molecule has 3 aliphatic rings. The molecule has 2 aromatic carbocycles. The molecule has 3 atom stereocenters. The minimum absolute atomic E-state index is 0.133. The zero-order chi connectivity index (χ0) is 22.6. The highest BCUT2D eigenvalue weighted by Crippen LogP contribution is 2.57. The summed E-state index contributed by atoms with van der Waals surface area (Å²) in [4.78, 5) is 18.3. The molecule has 7 heteroatoms. The number of carbonyl (C=O) groups is 1. The van der Waals surface area contributed by atoms with Crippen molar-refractivity contribution in [3.63, 3.8) is 0 Å². The molecule has 0 bridgehead atoms. The number of methoxy groups -OCH3 is 1. The molecule has 1 amide bonds. The van der Waals surface area contributed by atoms with E-state index in [4.69, 9.17) is 4.74 Å². The molecule has 1 aromatic heterocycles. The monoisotopic (exact) mass is 446 g/mol. The first-order valence-electron chi connectivity index (χ1n) is 11.6. The van der Waals surface area contributed by atoms with Crippen molar-refractivity contribution < 1.29 is 13.9 Å². The van der Waals surface area contributed by atoms with Gasteiger partial charge in [0.1, 0.15) is 17.1 Å². The zero-order valence-corrected chi connectivity index (χ0v) is 18.6. The summed E-state index contributed by atoms with van der Waals surface area (Å²) in [5.74, 6) is 1.09. The van der Waals surface area contributed by atoms with Crippen molar-refractivity contribution in [2.75, 3.05) is 20.2 Å². The first kappa shape index (κ1) is 20.4. The van der Waals surface area contributed by atoms with Gasteiger partial charge in [0.2, 0.25) is 5.91 Å². The van der Waals surface area contributed by atoms with Crippen molar-refractivity contribution in [2.24, 2.45) is 5.92 Å². The van der Waals surface area contributed by atoms with Gasteiger partial charge < -0.3 is 9.64 Å². The third-order valence-corrected chi connectivity index (χ3v) is 7.84. The lowest BCUT2D eigenvalue weighted by atomic mass is 9.85. The van der Waals surface area contributed by atoms with E-state index in [-0.39, 0.29) is 23.7 Å². The van der Waals surface area contributed by atoms with E-state index < -0.39 is 5.54 Å².